The highest BCUT2D eigenvalue weighted by Gasteiger charge is 2.32. The zero-order valence-corrected chi connectivity index (χ0v) is 13.5. The maximum Gasteiger partial charge on any atom is 0.119 e. The second-order valence-electron chi connectivity index (χ2n) is 6.50. The zero-order valence-electron chi connectivity index (χ0n) is 13.5. The lowest BCUT2D eigenvalue weighted by atomic mass is 9.99. The van der Waals surface area contributed by atoms with E-state index >= 15 is 0 Å². The largest absolute Gasteiger partial charge is 0.494 e. The molecule has 2 unspecified atom stereocenters. The first-order valence-corrected chi connectivity index (χ1v) is 8.48. The minimum absolute atomic E-state index is 0.642. The fourth-order valence-corrected chi connectivity index (χ4v) is 3.71. The number of aromatic nitrogens is 1. The monoisotopic (exact) mass is 309 g/mol. The molecule has 0 radical (unpaired) electrons. The Bertz CT molecular complexity index is 659. The highest BCUT2D eigenvalue weighted by atomic mass is 16.5. The Balaban J connectivity index is 1.56. The molecule has 2 aliphatic heterocycles. The smallest absolute Gasteiger partial charge is 0.119 e. The normalized spacial score (nSPS) is 23.1. The highest BCUT2D eigenvalue weighted by molar-refractivity contribution is 5.67. The number of piperidine rings is 1. The Kier molecular flexibility index (Phi) is 3.92. The molecule has 2 bridgehead atoms. The Labute approximate surface area is 137 Å². The van der Waals surface area contributed by atoms with Crippen molar-refractivity contribution in [1.82, 2.24) is 10.3 Å². The van der Waals surface area contributed by atoms with Crippen LogP contribution in [0.15, 0.2) is 42.7 Å². The number of hydrogen-bond acceptors (Lipinski definition) is 4. The molecule has 0 saturated carbocycles. The van der Waals surface area contributed by atoms with Crippen molar-refractivity contribution in [3.05, 3.63) is 42.7 Å². The highest BCUT2D eigenvalue weighted by Crippen LogP contribution is 2.29. The summed E-state index contributed by atoms with van der Waals surface area (Å²) in [6.07, 6.45) is 5.25. The van der Waals surface area contributed by atoms with Crippen molar-refractivity contribution < 1.29 is 4.74 Å². The third-order valence-electron chi connectivity index (χ3n) is 4.82. The van der Waals surface area contributed by atoms with Crippen LogP contribution in [-0.2, 0) is 0 Å². The minimum Gasteiger partial charge on any atom is -0.494 e. The molecule has 2 fully saturated rings. The fraction of sp³-hybridized carbons (Fsp3) is 0.421. The molecule has 2 aromatic rings. The van der Waals surface area contributed by atoms with Gasteiger partial charge in [0.2, 0.25) is 0 Å². The van der Waals surface area contributed by atoms with E-state index < -0.39 is 0 Å². The maximum absolute atomic E-state index is 5.52. The molecule has 0 spiro atoms. The van der Waals surface area contributed by atoms with Gasteiger partial charge in [0, 0.05) is 37.4 Å². The van der Waals surface area contributed by atoms with Gasteiger partial charge >= 0.3 is 0 Å². The fourth-order valence-electron chi connectivity index (χ4n) is 3.71. The van der Waals surface area contributed by atoms with E-state index in [1.165, 1.54) is 17.7 Å². The number of anilines is 1. The van der Waals surface area contributed by atoms with Crippen LogP contribution >= 0.6 is 0 Å². The Morgan fingerprint density at radius 2 is 2.04 bits per heavy atom. The molecule has 120 valence electrons. The summed E-state index contributed by atoms with van der Waals surface area (Å²) in [6.45, 7) is 6.08. The van der Waals surface area contributed by atoms with Crippen molar-refractivity contribution in [2.45, 2.75) is 19.4 Å². The van der Waals surface area contributed by atoms with Gasteiger partial charge in [-0.2, -0.15) is 0 Å². The van der Waals surface area contributed by atoms with Gasteiger partial charge in [-0.15, -0.1) is 0 Å². The standard InChI is InChI=1S/C19H23N3O/c1-2-23-19-5-3-15(4-6-19)16-8-18(11-20-10-16)22-12-14-7-17(13-22)21-9-14/h3-6,8,10-11,14,17,21H,2,7,9,12-13H2,1H3. The summed E-state index contributed by atoms with van der Waals surface area (Å²) in [5.41, 5.74) is 3.58. The van der Waals surface area contributed by atoms with E-state index in [0.29, 0.717) is 12.6 Å². The molecule has 0 aliphatic carbocycles. The molecule has 0 amide bonds. The summed E-state index contributed by atoms with van der Waals surface area (Å²) in [7, 11) is 0. The first-order valence-electron chi connectivity index (χ1n) is 8.48. The van der Waals surface area contributed by atoms with Crippen LogP contribution in [0, 0.1) is 5.92 Å². The molecule has 2 aliphatic rings. The van der Waals surface area contributed by atoms with Crippen LogP contribution in [0.3, 0.4) is 0 Å². The number of nitrogens with one attached hydrogen (secondary N) is 1. The molecule has 1 aromatic carbocycles. The zero-order chi connectivity index (χ0) is 15.6. The van der Waals surface area contributed by atoms with E-state index in [9.17, 15) is 0 Å². The number of fused-ring (bicyclic) bond motifs is 2. The number of pyridine rings is 1. The van der Waals surface area contributed by atoms with Crippen molar-refractivity contribution in [2.75, 3.05) is 31.1 Å². The number of rotatable bonds is 4. The third kappa shape index (κ3) is 3.04. The van der Waals surface area contributed by atoms with Crippen molar-refractivity contribution in [3.8, 4) is 16.9 Å². The van der Waals surface area contributed by atoms with E-state index in [2.05, 4.69) is 33.4 Å². The van der Waals surface area contributed by atoms with Gasteiger partial charge in [-0.25, -0.2) is 0 Å². The summed E-state index contributed by atoms with van der Waals surface area (Å²) in [4.78, 5) is 6.95. The first-order chi connectivity index (χ1) is 11.3. The number of ether oxygens (including phenoxy) is 1. The summed E-state index contributed by atoms with van der Waals surface area (Å²) in [5, 5.41) is 3.61. The van der Waals surface area contributed by atoms with Crippen LogP contribution in [0.1, 0.15) is 13.3 Å². The molecular weight excluding hydrogens is 286 g/mol. The van der Waals surface area contributed by atoms with E-state index in [1.807, 2.05) is 31.5 Å². The van der Waals surface area contributed by atoms with Gasteiger partial charge in [-0.1, -0.05) is 12.1 Å². The Morgan fingerprint density at radius 1 is 1.17 bits per heavy atom. The predicted octanol–water partition coefficient (Wildman–Crippen LogP) is 2.95. The maximum atomic E-state index is 5.52. The molecular formula is C19H23N3O. The second kappa shape index (κ2) is 6.20. The van der Waals surface area contributed by atoms with Crippen LogP contribution in [0.25, 0.3) is 11.1 Å². The average molecular weight is 309 g/mol. The first kappa shape index (κ1) is 14.5. The number of nitrogens with zero attached hydrogens (tertiary/aromatic N) is 2. The lowest BCUT2D eigenvalue weighted by Gasteiger charge is -2.32. The topological polar surface area (TPSA) is 37.4 Å². The van der Waals surface area contributed by atoms with Gasteiger partial charge in [0.25, 0.3) is 0 Å². The summed E-state index contributed by atoms with van der Waals surface area (Å²) < 4.78 is 5.52. The Morgan fingerprint density at radius 3 is 2.83 bits per heavy atom. The van der Waals surface area contributed by atoms with Gasteiger partial charge in [0.05, 0.1) is 18.5 Å². The average Bonchev–Trinajstić information content (AvgIpc) is 2.94. The number of benzene rings is 1. The van der Waals surface area contributed by atoms with Crippen LogP contribution in [0.4, 0.5) is 5.69 Å². The summed E-state index contributed by atoms with van der Waals surface area (Å²) in [5.74, 6) is 1.70. The van der Waals surface area contributed by atoms with E-state index in [4.69, 9.17) is 4.74 Å². The quantitative estimate of drug-likeness (QED) is 0.942. The van der Waals surface area contributed by atoms with Crippen molar-refractivity contribution in [2.24, 2.45) is 5.92 Å². The van der Waals surface area contributed by atoms with Crippen LogP contribution in [0.5, 0.6) is 5.75 Å². The third-order valence-corrected chi connectivity index (χ3v) is 4.82. The minimum atomic E-state index is 0.642. The SMILES string of the molecule is CCOc1ccc(-c2cncc(N3CC4CNC(C4)C3)c2)cc1. The molecule has 1 N–H and O–H groups in total. The van der Waals surface area contributed by atoms with Gasteiger partial charge in [0.15, 0.2) is 0 Å². The molecule has 2 saturated heterocycles. The number of hydrogen-bond donors (Lipinski definition) is 1. The van der Waals surface area contributed by atoms with Crippen LogP contribution < -0.4 is 15.0 Å². The Hall–Kier alpha value is -2.07. The van der Waals surface area contributed by atoms with E-state index in [-0.39, 0.29) is 0 Å². The lowest BCUT2D eigenvalue weighted by Crippen LogP contribution is -2.41. The summed E-state index contributed by atoms with van der Waals surface area (Å²) in [6, 6.07) is 11.2. The van der Waals surface area contributed by atoms with Gasteiger partial charge < -0.3 is 15.0 Å². The van der Waals surface area contributed by atoms with Crippen LogP contribution in [-0.4, -0.2) is 37.3 Å². The van der Waals surface area contributed by atoms with Gasteiger partial charge in [-0.05, 0) is 43.0 Å². The van der Waals surface area contributed by atoms with Crippen molar-refractivity contribution in [1.29, 1.82) is 0 Å². The lowest BCUT2D eigenvalue weighted by molar-refractivity contribution is 0.340. The molecule has 4 rings (SSSR count). The van der Waals surface area contributed by atoms with Crippen molar-refractivity contribution >= 4 is 5.69 Å². The molecule has 3 heterocycles. The summed E-state index contributed by atoms with van der Waals surface area (Å²) >= 11 is 0. The molecule has 1 aromatic heterocycles. The van der Waals surface area contributed by atoms with Crippen LogP contribution in [0.2, 0.25) is 0 Å². The molecule has 4 nitrogen and oxygen atoms in total. The predicted molar refractivity (Wildman–Crippen MR) is 93.0 cm³/mol. The van der Waals surface area contributed by atoms with E-state index in [1.54, 1.807) is 0 Å². The van der Waals surface area contributed by atoms with Gasteiger partial charge in [-0.3, -0.25) is 4.98 Å². The van der Waals surface area contributed by atoms with Gasteiger partial charge in [0.1, 0.15) is 5.75 Å². The van der Waals surface area contributed by atoms with Crippen molar-refractivity contribution in [3.63, 3.8) is 0 Å². The molecule has 2 atom stereocenters. The van der Waals surface area contributed by atoms with E-state index in [0.717, 1.165) is 36.9 Å². The molecule has 4 heteroatoms. The molecule has 23 heavy (non-hydrogen) atoms. The second-order valence-corrected chi connectivity index (χ2v) is 6.50.